The lowest BCUT2D eigenvalue weighted by Gasteiger charge is -2.15. The van der Waals surface area contributed by atoms with Gasteiger partial charge in [0, 0.05) is 44.3 Å². The zero-order valence-corrected chi connectivity index (χ0v) is 35.2. The highest BCUT2D eigenvalue weighted by Crippen LogP contribution is 2.42. The zero-order valence-electron chi connectivity index (χ0n) is 35.2. The first-order valence-electron chi connectivity index (χ1n) is 21.5. The Kier molecular flexibility index (Phi) is 9.83. The second-order valence-corrected chi connectivity index (χ2v) is 15.8. The Morgan fingerprint density at radius 2 is 0.906 bits per heavy atom. The van der Waals surface area contributed by atoms with E-state index in [4.69, 9.17) is 19.9 Å². The van der Waals surface area contributed by atoms with Crippen LogP contribution in [0.15, 0.2) is 213 Å². The molecule has 3 aromatic heterocycles. The summed E-state index contributed by atoms with van der Waals surface area (Å²) in [7, 11) is 0. The summed E-state index contributed by atoms with van der Waals surface area (Å²) >= 11 is 0. The van der Waals surface area contributed by atoms with E-state index < -0.39 is 0 Å². The minimum atomic E-state index is 0.625. The molecule has 0 unspecified atom stereocenters. The van der Waals surface area contributed by atoms with E-state index in [2.05, 4.69) is 188 Å². The van der Waals surface area contributed by atoms with Crippen molar-refractivity contribution in [2.75, 3.05) is 0 Å². The number of aromatic nitrogens is 5. The molecule has 0 saturated heterocycles. The lowest BCUT2D eigenvalue weighted by atomic mass is 9.94. The number of para-hydroxylation sites is 1. The van der Waals surface area contributed by atoms with Gasteiger partial charge in [-0.3, -0.25) is 0 Å². The third kappa shape index (κ3) is 6.77. The highest BCUT2D eigenvalue weighted by molar-refractivity contribution is 6.15. The normalized spacial score (nSPS) is 11.5. The Balaban J connectivity index is 1.04. The van der Waals surface area contributed by atoms with Gasteiger partial charge in [0.25, 0.3) is 0 Å². The molecule has 0 radical (unpaired) electrons. The van der Waals surface area contributed by atoms with E-state index >= 15 is 0 Å². The van der Waals surface area contributed by atoms with Gasteiger partial charge in [0.1, 0.15) is 0 Å². The molecule has 11 rings (SSSR count). The molecule has 0 fully saturated rings. The number of benzene rings is 8. The average Bonchev–Trinajstić information content (AvgIpc) is 3.70. The van der Waals surface area contributed by atoms with Crippen LogP contribution in [0, 0.1) is 0 Å². The van der Waals surface area contributed by atoms with Crippen molar-refractivity contribution in [1.29, 1.82) is 0 Å². The molecule has 0 atom stereocenters. The molecule has 8 aromatic carbocycles. The van der Waals surface area contributed by atoms with E-state index in [1.165, 1.54) is 5.56 Å². The van der Waals surface area contributed by atoms with Gasteiger partial charge in [0.2, 0.25) is 0 Å². The fourth-order valence-corrected chi connectivity index (χ4v) is 8.97. The van der Waals surface area contributed by atoms with E-state index in [0.717, 1.165) is 94.2 Å². The van der Waals surface area contributed by atoms with Crippen LogP contribution < -0.4 is 0 Å². The number of rotatable bonds is 9. The monoisotopic (exact) mass is 819 g/mol. The lowest BCUT2D eigenvalue weighted by molar-refractivity contribution is 1.08. The lowest BCUT2D eigenvalue weighted by Crippen LogP contribution is -2.01. The van der Waals surface area contributed by atoms with E-state index in [9.17, 15) is 0 Å². The van der Waals surface area contributed by atoms with Gasteiger partial charge in [-0.2, -0.15) is 0 Å². The van der Waals surface area contributed by atoms with E-state index in [0.29, 0.717) is 17.5 Å². The van der Waals surface area contributed by atoms with Crippen molar-refractivity contribution in [2.24, 2.45) is 0 Å². The van der Waals surface area contributed by atoms with Gasteiger partial charge < -0.3 is 4.57 Å². The van der Waals surface area contributed by atoms with Crippen LogP contribution in [0.3, 0.4) is 0 Å². The van der Waals surface area contributed by atoms with Gasteiger partial charge in [-0.1, -0.05) is 195 Å². The molecular weight excluding hydrogens is 779 g/mol. The first-order chi connectivity index (χ1) is 31.7. The summed E-state index contributed by atoms with van der Waals surface area (Å²) in [4.78, 5) is 20.6. The summed E-state index contributed by atoms with van der Waals surface area (Å²) in [6.07, 6.45) is 6.24. The number of allylic oxidation sites excluding steroid dienone is 1. The molecule has 11 aromatic rings. The van der Waals surface area contributed by atoms with Crippen molar-refractivity contribution in [2.45, 2.75) is 6.92 Å². The largest absolute Gasteiger partial charge is 0.308 e. The average molecular weight is 820 g/mol. The van der Waals surface area contributed by atoms with Crippen molar-refractivity contribution >= 4 is 44.7 Å². The van der Waals surface area contributed by atoms with Crippen LogP contribution in [0.4, 0.5) is 0 Å². The summed E-state index contributed by atoms with van der Waals surface area (Å²) in [5.74, 6) is 1.88. The molecule has 0 saturated carbocycles. The molecule has 5 nitrogen and oxygen atoms in total. The minimum Gasteiger partial charge on any atom is -0.308 e. The van der Waals surface area contributed by atoms with Gasteiger partial charge in [-0.25, -0.2) is 19.9 Å². The second kappa shape index (κ2) is 16.4. The third-order valence-electron chi connectivity index (χ3n) is 12.0. The molecule has 3 heterocycles. The summed E-state index contributed by atoms with van der Waals surface area (Å²) in [6.45, 7) is 6.38. The molecule has 0 aliphatic heterocycles. The molecule has 5 heteroatoms. The Bertz CT molecular complexity index is 3540. The summed E-state index contributed by atoms with van der Waals surface area (Å²) in [5, 5.41) is 4.35. The molecule has 0 aliphatic rings. The maximum atomic E-state index is 5.26. The highest BCUT2D eigenvalue weighted by atomic mass is 15.0. The van der Waals surface area contributed by atoms with Crippen LogP contribution >= 0.6 is 0 Å². The SMILES string of the molecule is C=Cc1c(/C=C\C)n(-c2ccc(-c3ccc(-c4nc(-c5ccccc5)nc(-c5ccc(-c6ccccc6)cc5)n4)c4ccccc34)cc2)c2c1c(-c1ccccc1)nc1ccccc12. The van der Waals surface area contributed by atoms with Crippen LogP contribution in [-0.2, 0) is 0 Å². The number of pyridine rings is 1. The maximum Gasteiger partial charge on any atom is 0.164 e. The van der Waals surface area contributed by atoms with E-state index in [1.807, 2.05) is 48.5 Å². The Morgan fingerprint density at radius 3 is 1.55 bits per heavy atom. The van der Waals surface area contributed by atoms with Crippen molar-refractivity contribution < 1.29 is 0 Å². The first kappa shape index (κ1) is 38.4. The maximum absolute atomic E-state index is 5.26. The van der Waals surface area contributed by atoms with E-state index in [1.54, 1.807) is 0 Å². The van der Waals surface area contributed by atoms with Crippen LogP contribution in [0.25, 0.3) is 118 Å². The Labute approximate surface area is 372 Å². The smallest absolute Gasteiger partial charge is 0.164 e. The second-order valence-electron chi connectivity index (χ2n) is 15.8. The number of hydrogen-bond acceptors (Lipinski definition) is 4. The molecule has 302 valence electrons. The number of hydrogen-bond donors (Lipinski definition) is 0. The number of fused-ring (bicyclic) bond motifs is 4. The molecule has 0 aliphatic carbocycles. The standard InChI is InChI=1S/C59H41N5/c1-3-18-53-46(4-2)54-55(42-21-10-6-11-22-42)60-52-28-17-16-27-51(52)56(54)64(53)45-35-33-41(34-36-45)47-37-38-50(49-26-15-14-25-48(47)49)59-62-57(43-23-12-7-13-24-43)61-58(63-59)44-31-29-40(30-32-44)39-19-8-5-9-20-39/h3-38H,2H2,1H3/b18-3-. The number of nitrogens with zero attached hydrogens (tertiary/aromatic N) is 5. The molecule has 0 amide bonds. The van der Waals surface area contributed by atoms with Crippen molar-refractivity contribution in [3.05, 3.63) is 224 Å². The van der Waals surface area contributed by atoms with Crippen LogP contribution in [-0.4, -0.2) is 24.5 Å². The van der Waals surface area contributed by atoms with Crippen molar-refractivity contribution in [3.8, 4) is 73.4 Å². The van der Waals surface area contributed by atoms with Crippen molar-refractivity contribution in [3.63, 3.8) is 0 Å². The van der Waals surface area contributed by atoms with Gasteiger partial charge >= 0.3 is 0 Å². The molecule has 0 spiro atoms. The fourth-order valence-electron chi connectivity index (χ4n) is 8.97. The molecule has 64 heavy (non-hydrogen) atoms. The predicted molar refractivity (Wildman–Crippen MR) is 267 cm³/mol. The first-order valence-corrected chi connectivity index (χ1v) is 21.5. The topological polar surface area (TPSA) is 56.5 Å². The Hall–Kier alpha value is -8.54. The molecule has 0 N–H and O–H groups in total. The molecular formula is C59H41N5. The third-order valence-corrected chi connectivity index (χ3v) is 12.0. The van der Waals surface area contributed by atoms with Crippen LogP contribution in [0.1, 0.15) is 18.2 Å². The summed E-state index contributed by atoms with van der Waals surface area (Å²) < 4.78 is 2.37. The summed E-state index contributed by atoms with van der Waals surface area (Å²) in [5.41, 5.74) is 14.6. The van der Waals surface area contributed by atoms with E-state index in [-0.39, 0.29) is 0 Å². The van der Waals surface area contributed by atoms with Gasteiger partial charge in [-0.05, 0) is 70.3 Å². The quantitative estimate of drug-likeness (QED) is 0.146. The van der Waals surface area contributed by atoms with Crippen molar-refractivity contribution in [1.82, 2.24) is 24.5 Å². The zero-order chi connectivity index (χ0) is 43.0. The van der Waals surface area contributed by atoms with Crippen LogP contribution in [0.5, 0.6) is 0 Å². The van der Waals surface area contributed by atoms with Gasteiger partial charge in [0.15, 0.2) is 17.5 Å². The predicted octanol–water partition coefficient (Wildman–Crippen LogP) is 15.2. The Morgan fingerprint density at radius 1 is 0.422 bits per heavy atom. The van der Waals surface area contributed by atoms with Crippen LogP contribution in [0.2, 0.25) is 0 Å². The minimum absolute atomic E-state index is 0.625. The van der Waals surface area contributed by atoms with Gasteiger partial charge in [0.05, 0.1) is 22.4 Å². The fraction of sp³-hybridized carbons (Fsp3) is 0.0169. The van der Waals surface area contributed by atoms with Gasteiger partial charge in [-0.15, -0.1) is 0 Å². The molecule has 0 bridgehead atoms. The summed E-state index contributed by atoms with van der Waals surface area (Å²) in [6, 6.07) is 69.6. The highest BCUT2D eigenvalue weighted by Gasteiger charge is 2.23.